The third-order valence-electron chi connectivity index (χ3n) is 2.92. The minimum Gasteiger partial charge on any atom is -0.305 e. The quantitative estimate of drug-likeness (QED) is 0.519. The summed E-state index contributed by atoms with van der Waals surface area (Å²) in [6, 6.07) is 13.8. The van der Waals surface area contributed by atoms with E-state index in [4.69, 9.17) is 11.6 Å². The molecule has 2 rings (SSSR count). The van der Waals surface area contributed by atoms with E-state index in [0.29, 0.717) is 22.8 Å². The third kappa shape index (κ3) is 4.29. The highest BCUT2D eigenvalue weighted by atomic mass is 35.5. The first-order valence-electron chi connectivity index (χ1n) is 6.32. The Morgan fingerprint density at radius 1 is 1.29 bits per heavy atom. The van der Waals surface area contributed by atoms with Crippen LogP contribution in [-0.2, 0) is 6.54 Å². The summed E-state index contributed by atoms with van der Waals surface area (Å²) in [5.41, 5.74) is 5.45. The molecule has 21 heavy (non-hydrogen) atoms. The van der Waals surface area contributed by atoms with E-state index in [1.54, 1.807) is 19.1 Å². The number of nitrogens with zero attached hydrogens (tertiary/aromatic N) is 2. The molecule has 2 aromatic carbocycles. The normalized spacial score (nSPS) is 11.2. The lowest BCUT2D eigenvalue weighted by Crippen LogP contribution is -2.09. The van der Waals surface area contributed by atoms with E-state index in [1.165, 1.54) is 12.1 Å². The van der Waals surface area contributed by atoms with Crippen molar-refractivity contribution in [3.8, 4) is 0 Å². The number of benzene rings is 2. The van der Waals surface area contributed by atoms with Gasteiger partial charge < -0.3 is 5.43 Å². The number of nitro groups is 1. The van der Waals surface area contributed by atoms with Gasteiger partial charge in [0.05, 0.1) is 17.2 Å². The maximum absolute atomic E-state index is 10.7. The molecular weight excluding hydrogens is 290 g/mol. The Morgan fingerprint density at radius 3 is 2.67 bits per heavy atom. The highest BCUT2D eigenvalue weighted by Crippen LogP contribution is 2.14. The Morgan fingerprint density at radius 2 is 2.00 bits per heavy atom. The van der Waals surface area contributed by atoms with Gasteiger partial charge in [0.15, 0.2) is 0 Å². The molecule has 108 valence electrons. The third-order valence-corrected chi connectivity index (χ3v) is 3.17. The van der Waals surface area contributed by atoms with Gasteiger partial charge in [-0.1, -0.05) is 35.9 Å². The van der Waals surface area contributed by atoms with Crippen LogP contribution in [0.1, 0.15) is 18.1 Å². The number of hydrazone groups is 1. The summed E-state index contributed by atoms with van der Waals surface area (Å²) in [6.45, 7) is 2.36. The Bertz CT molecular complexity index is 669. The zero-order valence-corrected chi connectivity index (χ0v) is 12.2. The van der Waals surface area contributed by atoms with Crippen LogP contribution in [0.3, 0.4) is 0 Å². The van der Waals surface area contributed by atoms with Gasteiger partial charge in [0.1, 0.15) is 0 Å². The van der Waals surface area contributed by atoms with Crippen molar-refractivity contribution < 1.29 is 4.92 Å². The van der Waals surface area contributed by atoms with E-state index >= 15 is 0 Å². The largest absolute Gasteiger partial charge is 0.305 e. The number of halogens is 1. The van der Waals surface area contributed by atoms with Crippen molar-refractivity contribution in [2.75, 3.05) is 0 Å². The molecule has 1 N–H and O–H groups in total. The van der Waals surface area contributed by atoms with Gasteiger partial charge in [-0.2, -0.15) is 5.10 Å². The van der Waals surface area contributed by atoms with Crippen LogP contribution in [0.15, 0.2) is 53.6 Å². The molecular formula is C15H14ClN3O2. The fourth-order valence-electron chi connectivity index (χ4n) is 1.76. The van der Waals surface area contributed by atoms with Crippen LogP contribution in [0.25, 0.3) is 0 Å². The van der Waals surface area contributed by atoms with E-state index in [0.717, 1.165) is 5.56 Å². The number of non-ortho nitro benzene ring substituents is 1. The van der Waals surface area contributed by atoms with E-state index in [2.05, 4.69) is 10.5 Å². The summed E-state index contributed by atoms with van der Waals surface area (Å²) in [5, 5.41) is 15.7. The molecule has 0 aromatic heterocycles. The minimum absolute atomic E-state index is 0.0553. The summed E-state index contributed by atoms with van der Waals surface area (Å²) >= 11 is 5.81. The van der Waals surface area contributed by atoms with Gasteiger partial charge in [-0.05, 0) is 24.6 Å². The van der Waals surface area contributed by atoms with Crippen LogP contribution in [0.5, 0.6) is 0 Å². The molecule has 0 radical (unpaired) electrons. The van der Waals surface area contributed by atoms with Crippen LogP contribution >= 0.6 is 11.6 Å². The number of nitrogens with one attached hydrogen (secondary N) is 1. The average Bonchev–Trinajstić information content (AvgIpc) is 2.49. The van der Waals surface area contributed by atoms with Gasteiger partial charge in [-0.3, -0.25) is 10.1 Å². The predicted molar refractivity (Wildman–Crippen MR) is 83.6 cm³/mol. The lowest BCUT2D eigenvalue weighted by molar-refractivity contribution is -0.384. The molecule has 2 aromatic rings. The zero-order chi connectivity index (χ0) is 15.2. The van der Waals surface area contributed by atoms with Crippen molar-refractivity contribution in [3.63, 3.8) is 0 Å². The molecule has 0 aliphatic heterocycles. The summed E-state index contributed by atoms with van der Waals surface area (Å²) in [4.78, 5) is 10.3. The van der Waals surface area contributed by atoms with Gasteiger partial charge in [0.25, 0.3) is 5.69 Å². The standard InChI is InChI=1S/C15H14ClN3O2/c1-11(13-3-2-4-15(9-13)19(20)21)18-17-10-12-5-7-14(16)8-6-12/h2-9,17H,10H2,1H3/b18-11-. The van der Waals surface area contributed by atoms with Crippen molar-refractivity contribution in [3.05, 3.63) is 74.8 Å². The Labute approximate surface area is 127 Å². The topological polar surface area (TPSA) is 67.5 Å². The zero-order valence-electron chi connectivity index (χ0n) is 11.4. The van der Waals surface area contributed by atoms with Gasteiger partial charge >= 0.3 is 0 Å². The molecule has 0 spiro atoms. The van der Waals surface area contributed by atoms with Gasteiger partial charge in [0.2, 0.25) is 0 Å². The molecule has 0 saturated carbocycles. The van der Waals surface area contributed by atoms with Crippen molar-refractivity contribution in [2.24, 2.45) is 5.10 Å². The fourth-order valence-corrected chi connectivity index (χ4v) is 1.89. The number of hydrogen-bond acceptors (Lipinski definition) is 4. The Balaban J connectivity index is 2.02. The minimum atomic E-state index is -0.419. The second kappa shape index (κ2) is 6.85. The van der Waals surface area contributed by atoms with E-state index in [-0.39, 0.29) is 5.69 Å². The maximum Gasteiger partial charge on any atom is 0.270 e. The molecule has 0 aliphatic rings. The molecule has 5 nitrogen and oxygen atoms in total. The highest BCUT2D eigenvalue weighted by molar-refractivity contribution is 6.30. The van der Waals surface area contributed by atoms with E-state index in [9.17, 15) is 10.1 Å². The van der Waals surface area contributed by atoms with Crippen molar-refractivity contribution in [1.29, 1.82) is 0 Å². The first kappa shape index (κ1) is 15.0. The average molecular weight is 304 g/mol. The highest BCUT2D eigenvalue weighted by Gasteiger charge is 2.07. The van der Waals surface area contributed by atoms with E-state index in [1.807, 2.05) is 24.3 Å². The monoisotopic (exact) mass is 303 g/mol. The summed E-state index contributed by atoms with van der Waals surface area (Å²) in [5.74, 6) is 0. The molecule has 6 heteroatoms. The lowest BCUT2D eigenvalue weighted by Gasteiger charge is -2.04. The van der Waals surface area contributed by atoms with E-state index < -0.39 is 4.92 Å². The van der Waals surface area contributed by atoms with Crippen molar-refractivity contribution in [1.82, 2.24) is 5.43 Å². The lowest BCUT2D eigenvalue weighted by atomic mass is 10.1. The molecule has 0 heterocycles. The summed E-state index contributed by atoms with van der Waals surface area (Å²) in [6.07, 6.45) is 0. The fraction of sp³-hybridized carbons (Fsp3) is 0.133. The number of rotatable bonds is 5. The first-order valence-corrected chi connectivity index (χ1v) is 6.70. The molecule has 0 atom stereocenters. The van der Waals surface area contributed by atoms with Crippen LogP contribution in [0.4, 0.5) is 5.69 Å². The van der Waals surface area contributed by atoms with Crippen LogP contribution in [0.2, 0.25) is 5.02 Å². The van der Waals surface area contributed by atoms with Gasteiger partial charge in [-0.25, -0.2) is 0 Å². The molecule has 0 fully saturated rings. The second-order valence-corrected chi connectivity index (χ2v) is 4.90. The van der Waals surface area contributed by atoms with Gasteiger partial charge in [0, 0.05) is 22.7 Å². The smallest absolute Gasteiger partial charge is 0.270 e. The number of nitro benzene ring substituents is 1. The number of hydrogen-bond donors (Lipinski definition) is 1. The first-order chi connectivity index (χ1) is 10.1. The molecule has 0 bridgehead atoms. The van der Waals surface area contributed by atoms with Crippen LogP contribution < -0.4 is 5.43 Å². The molecule has 0 saturated heterocycles. The molecule has 0 unspecified atom stereocenters. The Hall–Kier alpha value is -2.40. The second-order valence-electron chi connectivity index (χ2n) is 4.47. The Kier molecular flexibility index (Phi) is 4.90. The van der Waals surface area contributed by atoms with Gasteiger partial charge in [-0.15, -0.1) is 0 Å². The van der Waals surface area contributed by atoms with Crippen molar-refractivity contribution in [2.45, 2.75) is 13.5 Å². The predicted octanol–water partition coefficient (Wildman–Crippen LogP) is 3.76. The summed E-state index contributed by atoms with van der Waals surface area (Å²) in [7, 11) is 0. The maximum atomic E-state index is 10.7. The summed E-state index contributed by atoms with van der Waals surface area (Å²) < 4.78 is 0. The van der Waals surface area contributed by atoms with Crippen LogP contribution in [-0.4, -0.2) is 10.6 Å². The van der Waals surface area contributed by atoms with Crippen LogP contribution in [0, 0.1) is 10.1 Å². The molecule has 0 amide bonds. The van der Waals surface area contributed by atoms with Crippen molar-refractivity contribution >= 4 is 23.0 Å². The SMILES string of the molecule is C/C(=N/NCc1ccc(Cl)cc1)c1cccc([N+](=O)[O-])c1. The molecule has 0 aliphatic carbocycles.